The Morgan fingerprint density at radius 2 is 1.92 bits per heavy atom. The standard InChI is InChI=1S/C19H20N4O2/c1-3-16-17(25-11-24-16)9-13(1)22-18-4-2-14-15(10-21-19(14)23-18)12-5-7-20-8-6-12/h1-4,9-10,12,20H,5-8,11H2,(H2,21,22,23). The zero-order chi connectivity index (χ0) is 16.6. The van der Waals surface area contributed by atoms with E-state index >= 15 is 0 Å². The second kappa shape index (κ2) is 5.97. The molecule has 0 amide bonds. The summed E-state index contributed by atoms with van der Waals surface area (Å²) >= 11 is 0. The van der Waals surface area contributed by atoms with Crippen molar-refractivity contribution in [3.8, 4) is 11.5 Å². The van der Waals surface area contributed by atoms with Crippen molar-refractivity contribution in [1.29, 1.82) is 0 Å². The first-order valence-corrected chi connectivity index (χ1v) is 8.72. The zero-order valence-electron chi connectivity index (χ0n) is 13.8. The zero-order valence-corrected chi connectivity index (χ0v) is 13.8. The normalized spacial score (nSPS) is 17.1. The van der Waals surface area contributed by atoms with E-state index < -0.39 is 0 Å². The topological polar surface area (TPSA) is 71.2 Å². The van der Waals surface area contributed by atoms with Gasteiger partial charge in [0.25, 0.3) is 0 Å². The third kappa shape index (κ3) is 2.68. The van der Waals surface area contributed by atoms with Gasteiger partial charge in [-0.3, -0.25) is 0 Å². The van der Waals surface area contributed by atoms with Crippen LogP contribution in [-0.4, -0.2) is 29.9 Å². The molecule has 2 aliphatic rings. The minimum absolute atomic E-state index is 0.283. The van der Waals surface area contributed by atoms with Gasteiger partial charge >= 0.3 is 0 Å². The molecule has 1 saturated heterocycles. The van der Waals surface area contributed by atoms with Crippen LogP contribution >= 0.6 is 0 Å². The van der Waals surface area contributed by atoms with Crippen LogP contribution in [0.5, 0.6) is 11.5 Å². The van der Waals surface area contributed by atoms with E-state index in [0.29, 0.717) is 5.92 Å². The van der Waals surface area contributed by atoms with Crippen LogP contribution in [0.4, 0.5) is 11.5 Å². The summed E-state index contributed by atoms with van der Waals surface area (Å²) in [7, 11) is 0. The van der Waals surface area contributed by atoms with Crippen molar-refractivity contribution >= 4 is 22.5 Å². The van der Waals surface area contributed by atoms with Crippen LogP contribution in [0, 0.1) is 0 Å². The number of aromatic nitrogens is 2. The second-order valence-corrected chi connectivity index (χ2v) is 6.55. The molecule has 2 aliphatic heterocycles. The molecule has 0 unspecified atom stereocenters. The van der Waals surface area contributed by atoms with Gasteiger partial charge in [-0.05, 0) is 61.7 Å². The smallest absolute Gasteiger partial charge is 0.231 e. The lowest BCUT2D eigenvalue weighted by Crippen LogP contribution is -2.26. The van der Waals surface area contributed by atoms with Gasteiger partial charge in [0.05, 0.1) is 0 Å². The Bertz CT molecular complexity index is 915. The molecule has 5 rings (SSSR count). The van der Waals surface area contributed by atoms with E-state index in [2.05, 4.69) is 27.9 Å². The second-order valence-electron chi connectivity index (χ2n) is 6.55. The highest BCUT2D eigenvalue weighted by Gasteiger charge is 2.19. The number of piperidine rings is 1. The maximum Gasteiger partial charge on any atom is 0.231 e. The fourth-order valence-electron chi connectivity index (χ4n) is 3.69. The molecule has 1 fully saturated rings. The number of hydrogen-bond donors (Lipinski definition) is 3. The molecule has 6 nitrogen and oxygen atoms in total. The summed E-state index contributed by atoms with van der Waals surface area (Å²) < 4.78 is 10.8. The molecule has 128 valence electrons. The molecule has 0 radical (unpaired) electrons. The number of aromatic amines is 1. The fraction of sp³-hybridized carbons (Fsp3) is 0.316. The predicted molar refractivity (Wildman–Crippen MR) is 96.8 cm³/mol. The van der Waals surface area contributed by atoms with Crippen molar-refractivity contribution in [2.24, 2.45) is 0 Å². The van der Waals surface area contributed by atoms with Crippen molar-refractivity contribution in [3.63, 3.8) is 0 Å². The average Bonchev–Trinajstić information content (AvgIpc) is 3.28. The van der Waals surface area contributed by atoms with Gasteiger partial charge in [-0.15, -0.1) is 0 Å². The van der Waals surface area contributed by atoms with Crippen LogP contribution in [0.15, 0.2) is 36.5 Å². The summed E-state index contributed by atoms with van der Waals surface area (Å²) in [5.74, 6) is 2.97. The summed E-state index contributed by atoms with van der Waals surface area (Å²) in [5, 5.41) is 7.99. The number of benzene rings is 1. The minimum atomic E-state index is 0.283. The highest BCUT2D eigenvalue weighted by Crippen LogP contribution is 2.35. The highest BCUT2D eigenvalue weighted by molar-refractivity contribution is 5.82. The third-order valence-corrected chi connectivity index (χ3v) is 4.99. The van der Waals surface area contributed by atoms with Gasteiger partial charge in [-0.1, -0.05) is 0 Å². The molecule has 4 heterocycles. The van der Waals surface area contributed by atoms with E-state index in [1.54, 1.807) is 0 Å². The Labute approximate surface area is 145 Å². The number of fused-ring (bicyclic) bond motifs is 2. The average molecular weight is 336 g/mol. The van der Waals surface area contributed by atoms with Gasteiger partial charge in [0, 0.05) is 23.3 Å². The Hall–Kier alpha value is -2.73. The molecule has 2 aromatic heterocycles. The number of anilines is 2. The molecule has 0 saturated carbocycles. The van der Waals surface area contributed by atoms with Crippen LogP contribution in [0.3, 0.4) is 0 Å². The van der Waals surface area contributed by atoms with Crippen LogP contribution in [-0.2, 0) is 0 Å². The first kappa shape index (κ1) is 14.6. The van der Waals surface area contributed by atoms with Crippen molar-refractivity contribution < 1.29 is 9.47 Å². The van der Waals surface area contributed by atoms with Gasteiger partial charge in [0.2, 0.25) is 6.79 Å². The Kier molecular flexibility index (Phi) is 3.48. The lowest BCUT2D eigenvalue weighted by atomic mass is 9.90. The van der Waals surface area contributed by atoms with Crippen LogP contribution < -0.4 is 20.1 Å². The highest BCUT2D eigenvalue weighted by atomic mass is 16.7. The van der Waals surface area contributed by atoms with Gasteiger partial charge in [0.15, 0.2) is 11.5 Å². The van der Waals surface area contributed by atoms with E-state index in [4.69, 9.17) is 14.5 Å². The molecular formula is C19H20N4O2. The van der Waals surface area contributed by atoms with Gasteiger partial charge in [-0.2, -0.15) is 0 Å². The molecular weight excluding hydrogens is 316 g/mol. The quantitative estimate of drug-likeness (QED) is 0.683. The third-order valence-electron chi connectivity index (χ3n) is 4.99. The number of H-pyrrole nitrogens is 1. The van der Waals surface area contributed by atoms with Gasteiger partial charge in [-0.25, -0.2) is 4.98 Å². The van der Waals surface area contributed by atoms with E-state index in [1.165, 1.54) is 23.8 Å². The van der Waals surface area contributed by atoms with Gasteiger partial charge < -0.3 is 25.1 Å². The first-order chi connectivity index (χ1) is 12.4. The molecule has 3 N–H and O–H groups in total. The monoisotopic (exact) mass is 336 g/mol. The number of hydrogen-bond acceptors (Lipinski definition) is 5. The minimum Gasteiger partial charge on any atom is -0.454 e. The summed E-state index contributed by atoms with van der Waals surface area (Å²) in [6, 6.07) is 10.0. The molecule has 1 aromatic carbocycles. The largest absolute Gasteiger partial charge is 0.454 e. The number of rotatable bonds is 3. The molecule has 0 bridgehead atoms. The van der Waals surface area contributed by atoms with Crippen molar-refractivity contribution in [2.75, 3.05) is 25.2 Å². The Morgan fingerprint density at radius 1 is 1.04 bits per heavy atom. The van der Waals surface area contributed by atoms with E-state index in [9.17, 15) is 0 Å². The lowest BCUT2D eigenvalue weighted by Gasteiger charge is -2.22. The van der Waals surface area contributed by atoms with Crippen molar-refractivity contribution in [1.82, 2.24) is 15.3 Å². The lowest BCUT2D eigenvalue weighted by molar-refractivity contribution is 0.174. The SMILES string of the molecule is c1cc2c(cc1Nc1ccc3c(C4CCNCC4)c[nH]c3n1)OCO2. The first-order valence-electron chi connectivity index (χ1n) is 8.72. The fourth-order valence-corrected chi connectivity index (χ4v) is 3.69. The molecule has 3 aromatic rings. The summed E-state index contributed by atoms with van der Waals surface area (Å²) in [5.41, 5.74) is 3.25. The van der Waals surface area contributed by atoms with E-state index in [1.807, 2.05) is 24.3 Å². The maximum atomic E-state index is 5.42. The van der Waals surface area contributed by atoms with E-state index in [-0.39, 0.29) is 6.79 Å². The Balaban J connectivity index is 1.41. The predicted octanol–water partition coefficient (Wildman–Crippen LogP) is 3.50. The maximum absolute atomic E-state index is 5.42. The summed E-state index contributed by atoms with van der Waals surface area (Å²) in [6.45, 7) is 2.47. The number of pyridine rings is 1. The van der Waals surface area contributed by atoms with E-state index in [0.717, 1.165) is 41.7 Å². The van der Waals surface area contributed by atoms with Crippen molar-refractivity contribution in [3.05, 3.63) is 42.1 Å². The molecule has 0 spiro atoms. The summed E-state index contributed by atoms with van der Waals surface area (Å²) in [6.07, 6.45) is 4.49. The van der Waals surface area contributed by atoms with Crippen molar-refractivity contribution in [2.45, 2.75) is 18.8 Å². The molecule has 0 aliphatic carbocycles. The number of ether oxygens (including phenoxy) is 2. The Morgan fingerprint density at radius 3 is 2.84 bits per heavy atom. The van der Waals surface area contributed by atoms with Crippen LogP contribution in [0.1, 0.15) is 24.3 Å². The molecule has 6 heteroatoms. The molecule has 0 atom stereocenters. The number of nitrogens with zero attached hydrogens (tertiary/aromatic N) is 1. The van der Waals surface area contributed by atoms with Crippen LogP contribution in [0.2, 0.25) is 0 Å². The van der Waals surface area contributed by atoms with Crippen LogP contribution in [0.25, 0.3) is 11.0 Å². The van der Waals surface area contributed by atoms with Gasteiger partial charge in [0.1, 0.15) is 11.5 Å². The summed E-state index contributed by atoms with van der Waals surface area (Å²) in [4.78, 5) is 8.06. The molecule has 25 heavy (non-hydrogen) atoms. The number of nitrogens with one attached hydrogen (secondary N) is 3.